The van der Waals surface area contributed by atoms with E-state index in [1.165, 1.54) is 22.6 Å². The van der Waals surface area contributed by atoms with Gasteiger partial charge in [0.05, 0.1) is 5.69 Å². The van der Waals surface area contributed by atoms with Gasteiger partial charge in [-0.15, -0.1) is 0 Å². The molecule has 178 valence electrons. The summed E-state index contributed by atoms with van der Waals surface area (Å²) in [4.78, 5) is 30.3. The fourth-order valence-electron chi connectivity index (χ4n) is 5.31. The molecule has 33 heavy (non-hydrogen) atoms. The van der Waals surface area contributed by atoms with E-state index in [0.717, 1.165) is 43.7 Å². The Hall–Kier alpha value is -2.74. The third kappa shape index (κ3) is 4.81. The van der Waals surface area contributed by atoms with Gasteiger partial charge in [0.15, 0.2) is 0 Å². The van der Waals surface area contributed by atoms with E-state index in [9.17, 15) is 14.0 Å². The number of halogens is 1. The van der Waals surface area contributed by atoms with E-state index in [1.54, 1.807) is 6.07 Å². The Morgan fingerprint density at radius 1 is 1.24 bits per heavy atom. The zero-order valence-electron chi connectivity index (χ0n) is 20.0. The van der Waals surface area contributed by atoms with Gasteiger partial charge in [0, 0.05) is 38.3 Å². The molecule has 7 nitrogen and oxygen atoms in total. The molecule has 2 aromatic rings. The number of aryl methyl sites for hydroxylation is 2. The maximum Gasteiger partial charge on any atom is 0.325 e. The average Bonchev–Trinajstić information content (AvgIpc) is 3.18. The third-order valence-electron chi connectivity index (χ3n) is 6.92. The number of carbonyl (C=O) groups excluding carboxylic acids is 2. The summed E-state index contributed by atoms with van der Waals surface area (Å²) < 4.78 is 15.8. The van der Waals surface area contributed by atoms with Gasteiger partial charge in [0.2, 0.25) is 0 Å². The first kappa shape index (κ1) is 23.4. The summed E-state index contributed by atoms with van der Waals surface area (Å²) in [6.45, 7) is 8.87. The zero-order valence-corrected chi connectivity index (χ0v) is 20.0. The van der Waals surface area contributed by atoms with Gasteiger partial charge < -0.3 is 5.32 Å². The summed E-state index contributed by atoms with van der Waals surface area (Å²) in [6, 6.07) is 6.01. The van der Waals surface area contributed by atoms with Crippen LogP contribution in [0.15, 0.2) is 30.5 Å². The lowest BCUT2D eigenvalue weighted by Gasteiger charge is -2.41. The highest BCUT2D eigenvalue weighted by Crippen LogP contribution is 2.37. The van der Waals surface area contributed by atoms with Crippen molar-refractivity contribution < 1.29 is 14.0 Å². The molecule has 3 heterocycles. The standard InChI is InChI=1S/C25H34FN5O2/c1-17(2)14-31-23(32)25(27-24(31)33,13-19-6-5-7-22(26)12-19)21-8-10-30(11-9-21)16-20-15-29(4)28-18(20)3/h5-7,12,15,17,21H,8-11,13-14,16H2,1-4H3,(H,27,33). The minimum atomic E-state index is -1.03. The molecule has 1 N–H and O–H groups in total. The molecule has 2 aliphatic rings. The van der Waals surface area contributed by atoms with Gasteiger partial charge in [0.1, 0.15) is 11.4 Å². The van der Waals surface area contributed by atoms with Crippen LogP contribution in [0.5, 0.6) is 0 Å². The Balaban J connectivity index is 1.55. The number of likely N-dealkylation sites (tertiary alicyclic amines) is 1. The Labute approximate surface area is 194 Å². The summed E-state index contributed by atoms with van der Waals surface area (Å²) in [5.74, 6) is -0.345. The van der Waals surface area contributed by atoms with Crippen LogP contribution in [-0.2, 0) is 24.8 Å². The van der Waals surface area contributed by atoms with Crippen molar-refractivity contribution in [2.24, 2.45) is 18.9 Å². The molecular formula is C25H34FN5O2. The lowest BCUT2D eigenvalue weighted by molar-refractivity contribution is -0.134. The molecule has 2 saturated heterocycles. The number of hydrogen-bond acceptors (Lipinski definition) is 4. The average molecular weight is 456 g/mol. The first-order valence-corrected chi connectivity index (χ1v) is 11.8. The number of rotatable bonds is 7. The summed E-state index contributed by atoms with van der Waals surface area (Å²) in [7, 11) is 1.93. The second kappa shape index (κ2) is 9.25. The summed E-state index contributed by atoms with van der Waals surface area (Å²) in [5.41, 5.74) is 1.93. The van der Waals surface area contributed by atoms with Crippen LogP contribution in [0.25, 0.3) is 0 Å². The van der Waals surface area contributed by atoms with Crippen molar-refractivity contribution in [3.63, 3.8) is 0 Å². The van der Waals surface area contributed by atoms with Gasteiger partial charge in [-0.1, -0.05) is 26.0 Å². The number of aromatic nitrogens is 2. The van der Waals surface area contributed by atoms with Crippen molar-refractivity contribution in [2.75, 3.05) is 19.6 Å². The second-order valence-corrected chi connectivity index (χ2v) is 9.98. The van der Waals surface area contributed by atoms with Crippen molar-refractivity contribution in [1.29, 1.82) is 0 Å². The van der Waals surface area contributed by atoms with Gasteiger partial charge in [-0.2, -0.15) is 5.10 Å². The topological polar surface area (TPSA) is 70.5 Å². The maximum atomic E-state index is 13.9. The molecule has 0 bridgehead atoms. The van der Waals surface area contributed by atoms with E-state index >= 15 is 0 Å². The van der Waals surface area contributed by atoms with Crippen LogP contribution in [-0.4, -0.2) is 56.7 Å². The van der Waals surface area contributed by atoms with Crippen LogP contribution in [0.2, 0.25) is 0 Å². The van der Waals surface area contributed by atoms with E-state index in [0.29, 0.717) is 13.0 Å². The van der Waals surface area contributed by atoms with Crippen LogP contribution in [0.4, 0.5) is 9.18 Å². The van der Waals surface area contributed by atoms with Crippen LogP contribution in [0.3, 0.4) is 0 Å². The second-order valence-electron chi connectivity index (χ2n) is 9.98. The Bertz CT molecular complexity index is 1030. The molecule has 2 fully saturated rings. The van der Waals surface area contributed by atoms with Gasteiger partial charge in [-0.3, -0.25) is 19.3 Å². The summed E-state index contributed by atoms with van der Waals surface area (Å²) in [5, 5.41) is 7.50. The summed E-state index contributed by atoms with van der Waals surface area (Å²) >= 11 is 0. The molecule has 0 spiro atoms. The van der Waals surface area contributed by atoms with Crippen LogP contribution < -0.4 is 5.32 Å². The van der Waals surface area contributed by atoms with E-state index < -0.39 is 5.54 Å². The largest absolute Gasteiger partial charge is 0.325 e. The fraction of sp³-hybridized carbons (Fsp3) is 0.560. The monoisotopic (exact) mass is 455 g/mol. The molecule has 3 amide bonds. The molecular weight excluding hydrogens is 421 g/mol. The Morgan fingerprint density at radius 2 is 1.97 bits per heavy atom. The molecule has 0 aliphatic carbocycles. The highest BCUT2D eigenvalue weighted by Gasteiger charge is 2.55. The predicted octanol–water partition coefficient (Wildman–Crippen LogP) is 3.27. The first-order chi connectivity index (χ1) is 15.7. The van der Waals surface area contributed by atoms with Crippen LogP contribution >= 0.6 is 0 Å². The number of carbonyl (C=O) groups is 2. The highest BCUT2D eigenvalue weighted by atomic mass is 19.1. The molecule has 1 aromatic heterocycles. The number of nitrogens with zero attached hydrogens (tertiary/aromatic N) is 4. The fourth-order valence-corrected chi connectivity index (χ4v) is 5.31. The minimum Gasteiger partial charge on any atom is -0.322 e. The van der Waals surface area contributed by atoms with Gasteiger partial charge in [-0.25, -0.2) is 9.18 Å². The Kier molecular flexibility index (Phi) is 6.56. The van der Waals surface area contributed by atoms with E-state index in [2.05, 4.69) is 21.5 Å². The molecule has 4 rings (SSSR count). The number of urea groups is 1. The molecule has 8 heteroatoms. The number of imide groups is 1. The van der Waals surface area contributed by atoms with Crippen molar-refractivity contribution in [2.45, 2.75) is 52.1 Å². The number of benzene rings is 1. The number of amides is 3. The molecule has 0 radical (unpaired) electrons. The third-order valence-corrected chi connectivity index (χ3v) is 6.92. The first-order valence-electron chi connectivity index (χ1n) is 11.8. The highest BCUT2D eigenvalue weighted by molar-refractivity contribution is 6.07. The molecule has 1 aromatic carbocycles. The number of hydrogen-bond donors (Lipinski definition) is 1. The van der Waals surface area contributed by atoms with Crippen molar-refractivity contribution in [3.05, 3.63) is 53.1 Å². The normalized spacial score (nSPS) is 22.4. The Morgan fingerprint density at radius 3 is 2.58 bits per heavy atom. The van der Waals surface area contributed by atoms with E-state index in [1.807, 2.05) is 38.6 Å². The van der Waals surface area contributed by atoms with E-state index in [-0.39, 0.29) is 29.6 Å². The SMILES string of the molecule is Cc1nn(C)cc1CN1CCC(C2(Cc3cccc(F)c3)NC(=O)N(CC(C)C)C2=O)CC1. The van der Waals surface area contributed by atoms with Crippen molar-refractivity contribution in [3.8, 4) is 0 Å². The predicted molar refractivity (Wildman–Crippen MR) is 124 cm³/mol. The summed E-state index contributed by atoms with van der Waals surface area (Å²) in [6.07, 6.45) is 3.93. The lowest BCUT2D eigenvalue weighted by atomic mass is 9.73. The van der Waals surface area contributed by atoms with Gasteiger partial charge in [0.25, 0.3) is 5.91 Å². The maximum absolute atomic E-state index is 13.9. The zero-order chi connectivity index (χ0) is 23.8. The quantitative estimate of drug-likeness (QED) is 0.651. The van der Waals surface area contributed by atoms with Crippen molar-refractivity contribution in [1.82, 2.24) is 24.9 Å². The molecule has 2 aliphatic heterocycles. The molecule has 1 unspecified atom stereocenters. The van der Waals surface area contributed by atoms with Crippen LogP contribution in [0.1, 0.15) is 43.5 Å². The number of piperidine rings is 1. The van der Waals surface area contributed by atoms with E-state index in [4.69, 9.17) is 0 Å². The lowest BCUT2D eigenvalue weighted by Crippen LogP contribution is -2.57. The number of nitrogens with one attached hydrogen (secondary N) is 1. The van der Waals surface area contributed by atoms with Gasteiger partial charge >= 0.3 is 6.03 Å². The molecule has 0 saturated carbocycles. The minimum absolute atomic E-state index is 0.0133. The smallest absolute Gasteiger partial charge is 0.322 e. The molecule has 1 atom stereocenters. The van der Waals surface area contributed by atoms with Crippen LogP contribution in [0, 0.1) is 24.6 Å². The van der Waals surface area contributed by atoms with Gasteiger partial charge in [-0.05, 0) is 62.4 Å². The van der Waals surface area contributed by atoms with Crippen molar-refractivity contribution >= 4 is 11.9 Å².